The Labute approximate surface area is 127 Å². The molecule has 2 atom stereocenters. The van der Waals surface area contributed by atoms with Crippen LogP contribution in [0.4, 0.5) is 5.82 Å². The van der Waals surface area contributed by atoms with E-state index in [1.807, 2.05) is 6.07 Å². The largest absolute Gasteiger partial charge is 0.367 e. The molecule has 0 spiro atoms. The second-order valence-corrected chi connectivity index (χ2v) is 6.10. The minimum Gasteiger partial charge on any atom is -0.367 e. The lowest BCUT2D eigenvalue weighted by Crippen LogP contribution is -2.29. The molecule has 0 fully saturated rings. The zero-order valence-corrected chi connectivity index (χ0v) is 13.6. The van der Waals surface area contributed by atoms with Crippen LogP contribution in [-0.4, -0.2) is 25.6 Å². The summed E-state index contributed by atoms with van der Waals surface area (Å²) in [5.41, 5.74) is 0. The van der Waals surface area contributed by atoms with Crippen LogP contribution in [0, 0.1) is 11.8 Å². The number of nitrogens with zero attached hydrogens (tertiary/aromatic N) is 4. The highest BCUT2D eigenvalue weighted by molar-refractivity contribution is 5.43. The monoisotopic (exact) mass is 289 g/mol. The van der Waals surface area contributed by atoms with E-state index < -0.39 is 0 Å². The molecule has 116 valence electrons. The van der Waals surface area contributed by atoms with E-state index in [4.69, 9.17) is 0 Å². The molecular formula is C16H27N5. The van der Waals surface area contributed by atoms with Crippen molar-refractivity contribution in [1.29, 1.82) is 0 Å². The van der Waals surface area contributed by atoms with Crippen molar-refractivity contribution >= 4 is 11.6 Å². The maximum Gasteiger partial charge on any atom is 0.254 e. The Morgan fingerprint density at radius 3 is 2.62 bits per heavy atom. The van der Waals surface area contributed by atoms with E-state index in [1.54, 1.807) is 17.0 Å². The molecule has 0 aromatic carbocycles. The summed E-state index contributed by atoms with van der Waals surface area (Å²) >= 11 is 0. The standard InChI is InChI=1S/C16H27N5/c1-5-13(8-7-12(3)4)14(6-2)20-15-9-10-17-16-18-11-19-21(15)16/h9-14,20H,5-8H2,1-4H3. The van der Waals surface area contributed by atoms with Crippen molar-refractivity contribution in [2.45, 2.75) is 59.4 Å². The van der Waals surface area contributed by atoms with E-state index in [0.717, 1.165) is 18.2 Å². The molecule has 0 saturated heterocycles. The Bertz CT molecular complexity index is 548. The van der Waals surface area contributed by atoms with Crippen molar-refractivity contribution in [2.24, 2.45) is 11.8 Å². The van der Waals surface area contributed by atoms with E-state index in [0.29, 0.717) is 17.7 Å². The topological polar surface area (TPSA) is 55.1 Å². The number of hydrogen-bond acceptors (Lipinski definition) is 4. The van der Waals surface area contributed by atoms with E-state index in [1.165, 1.54) is 19.3 Å². The maximum absolute atomic E-state index is 4.25. The molecule has 0 aliphatic rings. The van der Waals surface area contributed by atoms with Gasteiger partial charge in [-0.2, -0.15) is 14.6 Å². The molecule has 2 aromatic rings. The summed E-state index contributed by atoms with van der Waals surface area (Å²) in [4.78, 5) is 8.35. The first kappa shape index (κ1) is 15.7. The molecule has 2 heterocycles. The molecule has 0 radical (unpaired) electrons. The van der Waals surface area contributed by atoms with Gasteiger partial charge < -0.3 is 5.32 Å². The quantitative estimate of drug-likeness (QED) is 0.803. The molecule has 0 aliphatic heterocycles. The van der Waals surface area contributed by atoms with Gasteiger partial charge in [-0.1, -0.05) is 40.5 Å². The van der Waals surface area contributed by atoms with Gasteiger partial charge in [-0.3, -0.25) is 0 Å². The van der Waals surface area contributed by atoms with Gasteiger partial charge in [0.1, 0.15) is 12.1 Å². The first-order valence-corrected chi connectivity index (χ1v) is 8.06. The zero-order valence-electron chi connectivity index (χ0n) is 13.6. The van der Waals surface area contributed by atoms with Gasteiger partial charge >= 0.3 is 0 Å². The van der Waals surface area contributed by atoms with E-state index in [-0.39, 0.29) is 0 Å². The Morgan fingerprint density at radius 1 is 1.14 bits per heavy atom. The Kier molecular flexibility index (Phi) is 5.53. The Balaban J connectivity index is 2.11. The molecule has 0 amide bonds. The van der Waals surface area contributed by atoms with E-state index >= 15 is 0 Å². The maximum atomic E-state index is 4.25. The highest BCUT2D eigenvalue weighted by atomic mass is 15.4. The fourth-order valence-electron chi connectivity index (χ4n) is 2.83. The lowest BCUT2D eigenvalue weighted by Gasteiger charge is -2.27. The SMILES string of the molecule is CCC(CCC(C)C)C(CC)Nc1ccnc2ncnn12. The highest BCUT2D eigenvalue weighted by Gasteiger charge is 2.19. The van der Waals surface area contributed by atoms with Crippen molar-refractivity contribution in [3.63, 3.8) is 0 Å². The molecule has 2 aromatic heterocycles. The minimum absolute atomic E-state index is 0.462. The van der Waals surface area contributed by atoms with Gasteiger partial charge in [-0.25, -0.2) is 4.98 Å². The Hall–Kier alpha value is -1.65. The second kappa shape index (κ2) is 7.38. The highest BCUT2D eigenvalue weighted by Crippen LogP contribution is 2.24. The smallest absolute Gasteiger partial charge is 0.254 e. The van der Waals surface area contributed by atoms with Crippen molar-refractivity contribution in [2.75, 3.05) is 5.32 Å². The molecule has 0 aliphatic carbocycles. The van der Waals surface area contributed by atoms with Gasteiger partial charge in [-0.05, 0) is 30.7 Å². The summed E-state index contributed by atoms with van der Waals surface area (Å²) in [7, 11) is 0. The summed E-state index contributed by atoms with van der Waals surface area (Å²) in [6.07, 6.45) is 8.19. The molecule has 1 N–H and O–H groups in total. The van der Waals surface area contributed by atoms with Crippen LogP contribution in [0.1, 0.15) is 53.4 Å². The number of nitrogens with one attached hydrogen (secondary N) is 1. The number of fused-ring (bicyclic) bond motifs is 1. The van der Waals surface area contributed by atoms with Crippen LogP contribution < -0.4 is 5.32 Å². The van der Waals surface area contributed by atoms with E-state index in [2.05, 4.69) is 48.1 Å². The summed E-state index contributed by atoms with van der Waals surface area (Å²) in [5, 5.41) is 7.90. The average molecular weight is 289 g/mol. The van der Waals surface area contributed by atoms with Crippen molar-refractivity contribution in [3.8, 4) is 0 Å². The van der Waals surface area contributed by atoms with E-state index in [9.17, 15) is 0 Å². The van der Waals surface area contributed by atoms with Crippen LogP contribution in [-0.2, 0) is 0 Å². The number of rotatable bonds is 8. The summed E-state index contributed by atoms with van der Waals surface area (Å²) in [6.45, 7) is 9.12. The summed E-state index contributed by atoms with van der Waals surface area (Å²) in [5.74, 6) is 3.07. The lowest BCUT2D eigenvalue weighted by molar-refractivity contribution is 0.359. The molecule has 5 heteroatoms. The van der Waals surface area contributed by atoms with Crippen LogP contribution in [0.25, 0.3) is 5.78 Å². The normalized spacial score (nSPS) is 14.5. The molecule has 0 saturated carbocycles. The van der Waals surface area contributed by atoms with Gasteiger partial charge in [0.05, 0.1) is 0 Å². The third-order valence-electron chi connectivity index (χ3n) is 4.16. The van der Waals surface area contributed by atoms with Crippen LogP contribution in [0.2, 0.25) is 0 Å². The van der Waals surface area contributed by atoms with Gasteiger partial charge in [0.2, 0.25) is 0 Å². The molecule has 21 heavy (non-hydrogen) atoms. The van der Waals surface area contributed by atoms with Crippen LogP contribution in [0.5, 0.6) is 0 Å². The predicted molar refractivity (Wildman–Crippen MR) is 86.3 cm³/mol. The van der Waals surface area contributed by atoms with Gasteiger partial charge in [0.15, 0.2) is 0 Å². The van der Waals surface area contributed by atoms with Gasteiger partial charge in [-0.15, -0.1) is 0 Å². The summed E-state index contributed by atoms with van der Waals surface area (Å²) in [6, 6.07) is 2.43. The van der Waals surface area contributed by atoms with Crippen LogP contribution in [0.15, 0.2) is 18.6 Å². The van der Waals surface area contributed by atoms with Crippen LogP contribution >= 0.6 is 0 Å². The predicted octanol–water partition coefficient (Wildman–Crippen LogP) is 3.78. The van der Waals surface area contributed by atoms with Gasteiger partial charge in [0.25, 0.3) is 5.78 Å². The average Bonchev–Trinajstić information content (AvgIpc) is 2.95. The third-order valence-corrected chi connectivity index (χ3v) is 4.16. The molecule has 0 bridgehead atoms. The number of aromatic nitrogens is 4. The molecular weight excluding hydrogens is 262 g/mol. The van der Waals surface area contributed by atoms with Crippen molar-refractivity contribution < 1.29 is 0 Å². The third kappa shape index (κ3) is 3.93. The van der Waals surface area contributed by atoms with Crippen molar-refractivity contribution in [1.82, 2.24) is 19.6 Å². The molecule has 2 rings (SSSR count). The number of anilines is 1. The van der Waals surface area contributed by atoms with Crippen LogP contribution in [0.3, 0.4) is 0 Å². The minimum atomic E-state index is 0.462. The lowest BCUT2D eigenvalue weighted by atomic mass is 9.88. The van der Waals surface area contributed by atoms with Gasteiger partial charge in [0, 0.05) is 12.2 Å². The summed E-state index contributed by atoms with van der Waals surface area (Å²) < 4.78 is 1.78. The first-order chi connectivity index (χ1) is 10.2. The molecule has 5 nitrogen and oxygen atoms in total. The number of hydrogen-bond donors (Lipinski definition) is 1. The second-order valence-electron chi connectivity index (χ2n) is 6.10. The first-order valence-electron chi connectivity index (χ1n) is 8.06. The fourth-order valence-corrected chi connectivity index (χ4v) is 2.83. The fraction of sp³-hybridized carbons (Fsp3) is 0.688. The zero-order chi connectivity index (χ0) is 15.2. The molecule has 2 unspecified atom stereocenters. The van der Waals surface area contributed by atoms with Crippen molar-refractivity contribution in [3.05, 3.63) is 18.6 Å². The Morgan fingerprint density at radius 2 is 1.95 bits per heavy atom.